The number of para-hydroxylation sites is 1. The Labute approximate surface area is 186 Å². The highest BCUT2D eigenvalue weighted by Crippen LogP contribution is 2.43. The van der Waals surface area contributed by atoms with Crippen LogP contribution in [-0.4, -0.2) is 32.8 Å². The van der Waals surface area contributed by atoms with Crippen LogP contribution in [0.5, 0.6) is 0 Å². The van der Waals surface area contributed by atoms with Crippen molar-refractivity contribution in [1.29, 1.82) is 0 Å². The molecule has 1 atom stereocenters. The van der Waals surface area contributed by atoms with E-state index in [1.54, 1.807) is 11.1 Å². The summed E-state index contributed by atoms with van der Waals surface area (Å²) in [5.74, 6) is -0.328. The van der Waals surface area contributed by atoms with Gasteiger partial charge in [-0.1, -0.05) is 42.5 Å². The summed E-state index contributed by atoms with van der Waals surface area (Å²) in [6, 6.07) is 21.1. The quantitative estimate of drug-likeness (QED) is 0.531. The summed E-state index contributed by atoms with van der Waals surface area (Å²) in [6.45, 7) is 2.38. The Bertz CT molecular complexity index is 1330. The molecule has 0 spiro atoms. The predicted molar refractivity (Wildman–Crippen MR) is 123 cm³/mol. The number of pyridine rings is 1. The maximum Gasteiger partial charge on any atom is 0.255 e. The fourth-order valence-electron chi connectivity index (χ4n) is 4.64. The van der Waals surface area contributed by atoms with Crippen molar-refractivity contribution in [2.75, 3.05) is 6.54 Å². The number of hydrogen-bond donors (Lipinski definition) is 1. The van der Waals surface area contributed by atoms with E-state index in [9.17, 15) is 9.59 Å². The van der Waals surface area contributed by atoms with Gasteiger partial charge < -0.3 is 14.8 Å². The molecule has 1 aliphatic rings. The van der Waals surface area contributed by atoms with Gasteiger partial charge in [0.1, 0.15) is 6.54 Å². The average Bonchev–Trinajstić information content (AvgIpc) is 3.24. The van der Waals surface area contributed by atoms with E-state index in [4.69, 9.17) is 0 Å². The third-order valence-corrected chi connectivity index (χ3v) is 6.29. The van der Waals surface area contributed by atoms with Crippen LogP contribution in [0.3, 0.4) is 0 Å². The van der Waals surface area contributed by atoms with Crippen molar-refractivity contribution in [3.63, 3.8) is 0 Å². The number of amides is 2. The summed E-state index contributed by atoms with van der Waals surface area (Å²) in [5.41, 5.74) is 5.63. The van der Waals surface area contributed by atoms with Gasteiger partial charge in [0.15, 0.2) is 0 Å². The number of carbonyl (C=O) groups is 2. The second-order valence-corrected chi connectivity index (χ2v) is 8.10. The molecule has 0 aliphatic carbocycles. The van der Waals surface area contributed by atoms with E-state index >= 15 is 0 Å². The van der Waals surface area contributed by atoms with Gasteiger partial charge in [0.2, 0.25) is 5.91 Å². The minimum Gasteiger partial charge on any atom is -0.349 e. The largest absolute Gasteiger partial charge is 0.349 e. The van der Waals surface area contributed by atoms with Gasteiger partial charge in [-0.15, -0.1) is 0 Å². The lowest BCUT2D eigenvalue weighted by Crippen LogP contribution is -2.39. The summed E-state index contributed by atoms with van der Waals surface area (Å²) in [6.07, 6.45) is 1.70. The highest BCUT2D eigenvalue weighted by atomic mass is 16.2. The van der Waals surface area contributed by atoms with Gasteiger partial charge in [0.05, 0.1) is 18.3 Å². The molecule has 32 heavy (non-hydrogen) atoms. The molecular formula is C26H24N4O2. The van der Waals surface area contributed by atoms with E-state index in [-0.39, 0.29) is 24.4 Å². The zero-order chi connectivity index (χ0) is 22.2. The first-order chi connectivity index (χ1) is 15.6. The van der Waals surface area contributed by atoms with Crippen molar-refractivity contribution in [3.05, 3.63) is 101 Å². The molecule has 1 N–H and O–H groups in total. The number of benzene rings is 2. The number of fused-ring (bicyclic) bond motifs is 2. The lowest BCUT2D eigenvalue weighted by Gasteiger charge is -2.26. The number of carbonyl (C=O) groups excluding carboxylic acids is 2. The van der Waals surface area contributed by atoms with Gasteiger partial charge in [-0.25, -0.2) is 0 Å². The normalized spacial score (nSPS) is 15.2. The molecule has 6 heteroatoms. The van der Waals surface area contributed by atoms with Crippen LogP contribution >= 0.6 is 0 Å². The predicted octanol–water partition coefficient (Wildman–Crippen LogP) is 3.74. The van der Waals surface area contributed by atoms with Gasteiger partial charge >= 0.3 is 0 Å². The maximum atomic E-state index is 13.4. The summed E-state index contributed by atoms with van der Waals surface area (Å²) < 4.78 is 2.15. The van der Waals surface area contributed by atoms with Gasteiger partial charge in [0, 0.05) is 41.0 Å². The molecule has 6 nitrogen and oxygen atoms in total. The Hall–Kier alpha value is -3.93. The van der Waals surface area contributed by atoms with Crippen molar-refractivity contribution >= 4 is 22.7 Å². The van der Waals surface area contributed by atoms with Crippen molar-refractivity contribution in [2.45, 2.75) is 19.5 Å². The first-order valence-electron chi connectivity index (χ1n) is 10.7. The Morgan fingerprint density at radius 3 is 2.59 bits per heavy atom. The van der Waals surface area contributed by atoms with E-state index in [0.717, 1.165) is 33.4 Å². The molecule has 0 radical (unpaired) electrons. The molecule has 5 rings (SSSR count). The van der Waals surface area contributed by atoms with E-state index in [1.165, 1.54) is 0 Å². The highest BCUT2D eigenvalue weighted by Gasteiger charge is 2.40. The van der Waals surface area contributed by atoms with E-state index in [2.05, 4.69) is 33.9 Å². The molecule has 2 aromatic carbocycles. The van der Waals surface area contributed by atoms with Gasteiger partial charge in [-0.05, 0) is 36.8 Å². The summed E-state index contributed by atoms with van der Waals surface area (Å²) in [7, 11) is 2.04. The number of rotatable bonds is 5. The van der Waals surface area contributed by atoms with Crippen molar-refractivity contribution in [1.82, 2.24) is 19.8 Å². The molecule has 1 unspecified atom stereocenters. The molecule has 2 amide bonds. The first kappa shape index (κ1) is 20.0. The number of aryl methyl sites for hydroxylation is 1. The maximum absolute atomic E-state index is 13.4. The lowest BCUT2D eigenvalue weighted by molar-refractivity contribution is -0.122. The number of aromatic nitrogens is 2. The van der Waals surface area contributed by atoms with E-state index < -0.39 is 0 Å². The Kier molecular flexibility index (Phi) is 4.98. The van der Waals surface area contributed by atoms with Crippen molar-refractivity contribution in [2.24, 2.45) is 7.05 Å². The lowest BCUT2D eigenvalue weighted by atomic mass is 9.95. The highest BCUT2D eigenvalue weighted by molar-refractivity contribution is 6.02. The number of hydrogen-bond acceptors (Lipinski definition) is 3. The zero-order valence-corrected chi connectivity index (χ0v) is 18.1. The topological polar surface area (TPSA) is 67.2 Å². The standard InChI is InChI=1S/C26H24N4O2/c1-17-24(21-12-5-6-13-22(21)29(17)2)25-19-10-3-4-11-20(19)26(32)30(25)16-23(31)28-15-18-9-7-8-14-27-18/h3-14,25H,15-16H2,1-2H3,(H,28,31). The SMILES string of the molecule is Cc1c(C2c3ccccc3C(=O)N2CC(=O)NCc2ccccn2)c2ccccc2n1C. The van der Waals surface area contributed by atoms with Crippen LogP contribution in [0.1, 0.15) is 38.9 Å². The third-order valence-electron chi connectivity index (χ3n) is 6.29. The monoisotopic (exact) mass is 424 g/mol. The summed E-state index contributed by atoms with van der Waals surface area (Å²) >= 11 is 0. The van der Waals surface area contributed by atoms with Gasteiger partial charge in [0.25, 0.3) is 5.91 Å². The molecule has 0 bridgehead atoms. The summed E-state index contributed by atoms with van der Waals surface area (Å²) in [5, 5.41) is 4.00. The Balaban J connectivity index is 1.52. The van der Waals surface area contributed by atoms with Crippen molar-refractivity contribution in [3.8, 4) is 0 Å². The minimum atomic E-state index is -0.314. The van der Waals surface area contributed by atoms with E-state index in [0.29, 0.717) is 12.1 Å². The Morgan fingerprint density at radius 1 is 1.03 bits per heavy atom. The molecule has 1 aliphatic heterocycles. The molecular weight excluding hydrogens is 400 g/mol. The molecule has 0 fully saturated rings. The fraction of sp³-hybridized carbons (Fsp3) is 0.192. The smallest absolute Gasteiger partial charge is 0.255 e. The van der Waals surface area contributed by atoms with Crippen LogP contribution in [0.2, 0.25) is 0 Å². The van der Waals surface area contributed by atoms with Crippen LogP contribution in [0, 0.1) is 6.92 Å². The Morgan fingerprint density at radius 2 is 1.78 bits per heavy atom. The molecule has 0 saturated heterocycles. The summed E-state index contributed by atoms with van der Waals surface area (Å²) in [4.78, 5) is 32.2. The van der Waals surface area contributed by atoms with Crippen LogP contribution in [0.4, 0.5) is 0 Å². The molecule has 3 heterocycles. The van der Waals surface area contributed by atoms with Crippen LogP contribution in [0.15, 0.2) is 72.9 Å². The first-order valence-corrected chi connectivity index (χ1v) is 10.7. The fourth-order valence-corrected chi connectivity index (χ4v) is 4.64. The zero-order valence-electron chi connectivity index (χ0n) is 18.1. The number of nitrogens with one attached hydrogen (secondary N) is 1. The van der Waals surface area contributed by atoms with Crippen LogP contribution in [-0.2, 0) is 18.4 Å². The average molecular weight is 425 g/mol. The molecule has 2 aromatic heterocycles. The van der Waals surface area contributed by atoms with Crippen LogP contribution in [0.25, 0.3) is 10.9 Å². The van der Waals surface area contributed by atoms with Gasteiger partial charge in [-0.3, -0.25) is 14.6 Å². The van der Waals surface area contributed by atoms with Gasteiger partial charge in [-0.2, -0.15) is 0 Å². The van der Waals surface area contributed by atoms with Crippen LogP contribution < -0.4 is 5.32 Å². The second-order valence-electron chi connectivity index (χ2n) is 8.10. The molecule has 0 saturated carbocycles. The van der Waals surface area contributed by atoms with E-state index in [1.807, 2.05) is 61.6 Å². The molecule has 160 valence electrons. The second kappa shape index (κ2) is 7.96. The minimum absolute atomic E-state index is 0.0202. The number of nitrogens with zero attached hydrogens (tertiary/aromatic N) is 3. The third kappa shape index (κ3) is 3.24. The van der Waals surface area contributed by atoms with Crippen molar-refractivity contribution < 1.29 is 9.59 Å². The molecule has 4 aromatic rings.